The topological polar surface area (TPSA) is 199 Å². The molecule has 0 radical (unpaired) electrons. The Hall–Kier alpha value is -2.13. The third-order valence-electron chi connectivity index (χ3n) is 13.9. The summed E-state index contributed by atoms with van der Waals surface area (Å²) in [6.07, 6.45) is -7.47. The Morgan fingerprint density at radius 1 is 0.952 bits per heavy atom. The molecule has 3 heterocycles. The molecule has 1 aromatic rings. The summed E-state index contributed by atoms with van der Waals surface area (Å²) in [7, 11) is 3.26. The molecule has 10 unspecified atom stereocenters. The summed E-state index contributed by atoms with van der Waals surface area (Å²) in [6, 6.07) is 2.18. The number of carbonyl (C=O) groups excluding carboxylic acids is 1. The van der Waals surface area contributed by atoms with Crippen molar-refractivity contribution >= 4 is 5.97 Å². The minimum Gasteiger partial charge on any atom is -0.483 e. The first kappa shape index (κ1) is 53.5. The predicted molar refractivity (Wildman–Crippen MR) is 232 cm³/mol. The molecule has 0 aliphatic carbocycles. The maximum absolute atomic E-state index is 14.5. The average Bonchev–Trinajstić information content (AvgIpc) is 3.22. The summed E-state index contributed by atoms with van der Waals surface area (Å²) in [5.41, 5.74) is -6.21. The van der Waals surface area contributed by atoms with E-state index in [-0.39, 0.29) is 43.6 Å². The number of rotatable bonds is 13. The van der Waals surface area contributed by atoms with Crippen LogP contribution in [-0.4, -0.2) is 150 Å². The number of methoxy groups -OCH3 is 1. The fourth-order valence-electron chi connectivity index (χ4n) is 9.83. The van der Waals surface area contributed by atoms with Crippen molar-refractivity contribution in [2.75, 3.05) is 33.8 Å². The molecule has 4 rings (SSSR count). The third kappa shape index (κ3) is 12.3. The fraction of sp³-hybridized carbons (Fsp3) is 0.848. The molecular weight excluding hydrogens is 825 g/mol. The van der Waals surface area contributed by atoms with E-state index in [1.807, 2.05) is 20.8 Å². The van der Waals surface area contributed by atoms with E-state index in [2.05, 4.69) is 16.0 Å². The lowest BCUT2D eigenvalue weighted by molar-refractivity contribution is -0.335. The molecule has 0 amide bonds. The Morgan fingerprint density at radius 2 is 1.63 bits per heavy atom. The van der Waals surface area contributed by atoms with Crippen molar-refractivity contribution in [1.29, 1.82) is 0 Å². The van der Waals surface area contributed by atoms with Crippen molar-refractivity contribution in [3.63, 3.8) is 0 Å². The molecule has 0 spiro atoms. The van der Waals surface area contributed by atoms with E-state index in [9.17, 15) is 34.0 Å². The lowest BCUT2D eigenvalue weighted by atomic mass is 9.75. The second-order valence-electron chi connectivity index (χ2n) is 19.2. The van der Waals surface area contributed by atoms with Crippen molar-refractivity contribution < 1.29 is 67.2 Å². The predicted octanol–water partition coefficient (Wildman–Crippen LogP) is 3.95. The van der Waals surface area contributed by atoms with Crippen LogP contribution in [-0.2, 0) is 33.2 Å². The van der Waals surface area contributed by atoms with Gasteiger partial charge in [0, 0.05) is 38.1 Å². The molecule has 15 nitrogen and oxygen atoms in total. The van der Waals surface area contributed by atoms with Gasteiger partial charge < -0.3 is 69.5 Å². The van der Waals surface area contributed by atoms with Gasteiger partial charge in [-0.05, 0) is 112 Å². The number of cyclic esters (lactones) is 1. The van der Waals surface area contributed by atoms with Crippen LogP contribution in [0.3, 0.4) is 0 Å². The number of benzene rings is 1. The van der Waals surface area contributed by atoms with Gasteiger partial charge in [0.15, 0.2) is 30.3 Å². The number of halogens is 2. The highest BCUT2D eigenvalue weighted by molar-refractivity contribution is 5.73. The molecule has 0 bridgehead atoms. The van der Waals surface area contributed by atoms with Crippen LogP contribution in [0, 0.1) is 29.4 Å². The standard InChI is InChI=1S/C46H79F2N3O12/c1-14-18-50-24-46(56)30(8)59-36(22-44(46,10)57-13)62-37-27(5)40(63-42-38(34(49-12)19-26(4)58-42)60-31-16-17-32(47)33(48)20-31)43(9,54)21-25(3)23-51-29(7)39(52)45(11,55)35(15-2)61-41(53)28(37)6/h16-17,20,25-30,34-40,42,49-52,54-56H,14-15,18-19,21-24H2,1-13H3/t25?,26-,27?,28?,29?,30+,34+,35?,36+,37?,38-,39?,40?,42+,43?,44-,45?,46+/m1/s1. The Labute approximate surface area is 373 Å². The molecule has 0 saturated carbocycles. The molecule has 18 atom stereocenters. The van der Waals surface area contributed by atoms with Gasteiger partial charge in [-0.25, -0.2) is 8.78 Å². The number of ether oxygens (including phenoxy) is 7. The van der Waals surface area contributed by atoms with Gasteiger partial charge in [0.2, 0.25) is 0 Å². The van der Waals surface area contributed by atoms with Crippen molar-refractivity contribution in [2.24, 2.45) is 17.8 Å². The molecule has 364 valence electrons. The zero-order valence-electron chi connectivity index (χ0n) is 39.8. The van der Waals surface area contributed by atoms with Crippen LogP contribution in [0.5, 0.6) is 5.75 Å². The monoisotopic (exact) mass is 904 g/mol. The molecule has 17 heteroatoms. The normalized spacial score (nSPS) is 43.7. The number of nitrogens with one attached hydrogen (secondary N) is 3. The summed E-state index contributed by atoms with van der Waals surface area (Å²) < 4.78 is 73.7. The first-order valence-electron chi connectivity index (χ1n) is 22.8. The van der Waals surface area contributed by atoms with Gasteiger partial charge in [-0.3, -0.25) is 4.79 Å². The first-order chi connectivity index (χ1) is 29.4. The maximum Gasteiger partial charge on any atom is 0.311 e. The SMILES string of the molecule is CCCNC[C@]1(O)[C@H](C)O[C@@H](OC2C(C)C(=O)OC(CC)C(C)(O)C(O)C(C)NCC(C)CC(C)(O)C(O[C@@H]3O[C@H](C)C[C@H](NC)[C@H]3Oc3ccc(F)c(F)c3)C2C)C[C@@]1(C)OC. The summed E-state index contributed by atoms with van der Waals surface area (Å²) in [5, 5.41) is 57.9. The number of hydrogen-bond acceptors (Lipinski definition) is 15. The van der Waals surface area contributed by atoms with Crippen LogP contribution in [0.15, 0.2) is 18.2 Å². The molecule has 0 aromatic heterocycles. The Kier molecular flexibility index (Phi) is 18.8. The van der Waals surface area contributed by atoms with Crippen molar-refractivity contribution in [1.82, 2.24) is 16.0 Å². The van der Waals surface area contributed by atoms with Gasteiger partial charge in [0.25, 0.3) is 0 Å². The van der Waals surface area contributed by atoms with E-state index in [4.69, 9.17) is 33.2 Å². The molecular formula is C46H79F2N3O12. The van der Waals surface area contributed by atoms with Gasteiger partial charge in [-0.1, -0.05) is 27.7 Å². The second kappa shape index (κ2) is 22.1. The highest BCUT2D eigenvalue weighted by atomic mass is 19.2. The average molecular weight is 904 g/mol. The number of carbonyl (C=O) groups is 1. The molecule has 1 aromatic carbocycles. The third-order valence-corrected chi connectivity index (χ3v) is 13.9. The molecule has 63 heavy (non-hydrogen) atoms. The number of aliphatic hydroxyl groups is 4. The van der Waals surface area contributed by atoms with E-state index in [1.54, 1.807) is 55.5 Å². The van der Waals surface area contributed by atoms with Gasteiger partial charge in [0.1, 0.15) is 34.8 Å². The van der Waals surface area contributed by atoms with Gasteiger partial charge >= 0.3 is 5.97 Å². The van der Waals surface area contributed by atoms with Gasteiger partial charge in [-0.2, -0.15) is 0 Å². The first-order valence-corrected chi connectivity index (χ1v) is 22.8. The Bertz CT molecular complexity index is 1610. The van der Waals surface area contributed by atoms with Crippen molar-refractivity contribution in [3.05, 3.63) is 29.8 Å². The van der Waals surface area contributed by atoms with Crippen LogP contribution < -0.4 is 20.7 Å². The quantitative estimate of drug-likeness (QED) is 0.111. The molecule has 3 aliphatic heterocycles. The minimum absolute atomic E-state index is 0.0392. The van der Waals surface area contributed by atoms with Crippen LogP contribution >= 0.6 is 0 Å². The highest BCUT2D eigenvalue weighted by Crippen LogP contribution is 2.43. The molecule has 3 fully saturated rings. The zero-order chi connectivity index (χ0) is 47.2. The van der Waals surface area contributed by atoms with Crippen LogP contribution in [0.4, 0.5) is 8.78 Å². The lowest BCUT2D eigenvalue weighted by Gasteiger charge is -2.53. The summed E-state index contributed by atoms with van der Waals surface area (Å²) in [6.45, 7) is 20.5. The van der Waals surface area contributed by atoms with E-state index in [0.29, 0.717) is 19.5 Å². The molecule has 3 saturated heterocycles. The Balaban J connectivity index is 1.85. The summed E-state index contributed by atoms with van der Waals surface area (Å²) >= 11 is 0. The van der Waals surface area contributed by atoms with E-state index in [1.165, 1.54) is 20.1 Å². The highest BCUT2D eigenvalue weighted by Gasteiger charge is 2.58. The van der Waals surface area contributed by atoms with Gasteiger partial charge in [0.05, 0.1) is 42.0 Å². The largest absolute Gasteiger partial charge is 0.483 e. The van der Waals surface area contributed by atoms with Crippen LogP contribution in [0.25, 0.3) is 0 Å². The summed E-state index contributed by atoms with van der Waals surface area (Å²) in [5.74, 6) is -5.04. The number of likely N-dealkylation sites (N-methyl/N-ethyl adjacent to an activating group) is 1. The maximum atomic E-state index is 14.5. The fourth-order valence-corrected chi connectivity index (χ4v) is 9.83. The van der Waals surface area contributed by atoms with Crippen molar-refractivity contribution in [2.45, 2.75) is 198 Å². The van der Waals surface area contributed by atoms with Crippen molar-refractivity contribution in [3.8, 4) is 5.75 Å². The smallest absolute Gasteiger partial charge is 0.311 e. The Morgan fingerprint density at radius 3 is 2.24 bits per heavy atom. The summed E-state index contributed by atoms with van der Waals surface area (Å²) in [4.78, 5) is 14.5. The number of esters is 1. The van der Waals surface area contributed by atoms with Gasteiger partial charge in [-0.15, -0.1) is 0 Å². The second-order valence-corrected chi connectivity index (χ2v) is 19.2. The van der Waals surface area contributed by atoms with Crippen LogP contribution in [0.2, 0.25) is 0 Å². The number of aliphatic hydroxyl groups excluding tert-OH is 1. The number of hydrogen-bond donors (Lipinski definition) is 7. The van der Waals surface area contributed by atoms with Crippen LogP contribution in [0.1, 0.15) is 108 Å². The molecule has 7 N–H and O–H groups in total. The zero-order valence-corrected chi connectivity index (χ0v) is 39.8. The molecule has 3 aliphatic rings. The van der Waals surface area contributed by atoms with E-state index < -0.39 is 113 Å². The van der Waals surface area contributed by atoms with E-state index >= 15 is 0 Å². The lowest BCUT2D eigenvalue weighted by Crippen LogP contribution is -2.70. The van der Waals surface area contributed by atoms with E-state index in [0.717, 1.165) is 18.6 Å². The minimum atomic E-state index is -1.86.